The molecule has 1 N–H and O–H groups in total. The Morgan fingerprint density at radius 3 is 2.85 bits per heavy atom. The van der Waals surface area contributed by atoms with Gasteiger partial charge in [-0.1, -0.05) is 41.0 Å². The van der Waals surface area contributed by atoms with E-state index in [1.54, 1.807) is 18.0 Å². The molecule has 1 aliphatic carbocycles. The molecule has 0 amide bonds. The van der Waals surface area contributed by atoms with Crippen molar-refractivity contribution in [3.05, 3.63) is 52.1 Å². The fourth-order valence-corrected chi connectivity index (χ4v) is 3.28. The second kappa shape index (κ2) is 6.35. The van der Waals surface area contributed by atoms with Gasteiger partial charge in [-0.25, -0.2) is 4.98 Å². The molecule has 1 aromatic carbocycles. The third-order valence-corrected chi connectivity index (χ3v) is 4.89. The van der Waals surface area contributed by atoms with Crippen molar-refractivity contribution in [3.63, 3.8) is 0 Å². The van der Waals surface area contributed by atoms with Crippen molar-refractivity contribution in [1.29, 1.82) is 0 Å². The zero-order chi connectivity index (χ0) is 13.9. The summed E-state index contributed by atoms with van der Waals surface area (Å²) in [4.78, 5) is 5.42. The minimum atomic E-state index is 0.665. The van der Waals surface area contributed by atoms with E-state index < -0.39 is 0 Å². The van der Waals surface area contributed by atoms with Crippen LogP contribution in [-0.4, -0.2) is 11.0 Å². The topological polar surface area (TPSA) is 24.9 Å². The van der Waals surface area contributed by atoms with Gasteiger partial charge in [-0.2, -0.15) is 0 Å². The standard InChI is InChI=1S/C15H14Cl2N2S/c16-11-4-3-10(9-19-12-5-6-12)14(8-11)20-15-13(17)2-1-7-18-15/h1-4,7-8,12,19H,5-6,9H2. The predicted octanol–water partition coefficient (Wildman–Crippen LogP) is 4.79. The van der Waals surface area contributed by atoms with Gasteiger partial charge in [0.15, 0.2) is 0 Å². The minimum Gasteiger partial charge on any atom is -0.310 e. The number of hydrogen-bond acceptors (Lipinski definition) is 3. The maximum absolute atomic E-state index is 6.17. The highest BCUT2D eigenvalue weighted by Crippen LogP contribution is 2.35. The fourth-order valence-electron chi connectivity index (χ4n) is 1.86. The van der Waals surface area contributed by atoms with Crippen molar-refractivity contribution in [2.45, 2.75) is 35.3 Å². The monoisotopic (exact) mass is 324 g/mol. The summed E-state index contributed by atoms with van der Waals surface area (Å²) in [6.07, 6.45) is 4.31. The molecule has 0 atom stereocenters. The van der Waals surface area contributed by atoms with Crippen molar-refractivity contribution in [1.82, 2.24) is 10.3 Å². The molecule has 1 heterocycles. The van der Waals surface area contributed by atoms with Crippen LogP contribution in [0.15, 0.2) is 46.5 Å². The Balaban J connectivity index is 1.82. The first-order valence-corrected chi connectivity index (χ1v) is 8.10. The summed E-state index contributed by atoms with van der Waals surface area (Å²) < 4.78 is 0. The summed E-state index contributed by atoms with van der Waals surface area (Å²) in [6, 6.07) is 10.3. The van der Waals surface area contributed by atoms with Crippen LogP contribution in [0, 0.1) is 0 Å². The Morgan fingerprint density at radius 2 is 2.10 bits per heavy atom. The zero-order valence-electron chi connectivity index (χ0n) is 10.8. The molecule has 1 fully saturated rings. The SMILES string of the molecule is Clc1ccc(CNC2CC2)c(Sc2ncccc2Cl)c1. The maximum atomic E-state index is 6.17. The average molecular weight is 325 g/mol. The normalized spacial score (nSPS) is 14.5. The van der Waals surface area contributed by atoms with E-state index in [2.05, 4.69) is 16.4 Å². The number of nitrogens with zero attached hydrogens (tertiary/aromatic N) is 1. The molecule has 5 heteroatoms. The molecule has 2 nitrogen and oxygen atoms in total. The first-order valence-electron chi connectivity index (χ1n) is 6.52. The van der Waals surface area contributed by atoms with Crippen molar-refractivity contribution in [2.24, 2.45) is 0 Å². The van der Waals surface area contributed by atoms with E-state index in [1.165, 1.54) is 18.4 Å². The number of rotatable bonds is 5. The summed E-state index contributed by atoms with van der Waals surface area (Å²) in [6.45, 7) is 0.856. The lowest BCUT2D eigenvalue weighted by Crippen LogP contribution is -2.15. The first kappa shape index (κ1) is 14.2. The Kier molecular flexibility index (Phi) is 4.51. The lowest BCUT2D eigenvalue weighted by atomic mass is 10.2. The highest BCUT2D eigenvalue weighted by Gasteiger charge is 2.20. The van der Waals surface area contributed by atoms with Crippen molar-refractivity contribution in [2.75, 3.05) is 0 Å². The highest BCUT2D eigenvalue weighted by molar-refractivity contribution is 7.99. The Morgan fingerprint density at radius 1 is 1.25 bits per heavy atom. The number of halogens is 2. The van der Waals surface area contributed by atoms with E-state index in [0.717, 1.165) is 21.5 Å². The molecule has 3 rings (SSSR count). The van der Waals surface area contributed by atoms with Gasteiger partial charge < -0.3 is 5.32 Å². The molecule has 20 heavy (non-hydrogen) atoms. The van der Waals surface area contributed by atoms with Crippen LogP contribution in [0.2, 0.25) is 10.0 Å². The Hall–Kier alpha value is -0.740. The van der Waals surface area contributed by atoms with Gasteiger partial charge in [0.2, 0.25) is 0 Å². The highest BCUT2D eigenvalue weighted by atomic mass is 35.5. The molecule has 0 bridgehead atoms. The molecular weight excluding hydrogens is 311 g/mol. The van der Waals surface area contributed by atoms with Crippen LogP contribution in [0.3, 0.4) is 0 Å². The number of hydrogen-bond donors (Lipinski definition) is 1. The largest absolute Gasteiger partial charge is 0.310 e. The van der Waals surface area contributed by atoms with Gasteiger partial charge in [0.1, 0.15) is 5.03 Å². The van der Waals surface area contributed by atoms with Gasteiger partial charge >= 0.3 is 0 Å². The van der Waals surface area contributed by atoms with Gasteiger partial charge in [-0.15, -0.1) is 0 Å². The van der Waals surface area contributed by atoms with Crippen molar-refractivity contribution >= 4 is 35.0 Å². The molecule has 0 saturated heterocycles. The van der Waals surface area contributed by atoms with Crippen LogP contribution in [0.25, 0.3) is 0 Å². The van der Waals surface area contributed by atoms with E-state index >= 15 is 0 Å². The number of benzene rings is 1. The second-order valence-corrected chi connectivity index (χ2v) is 6.67. The fraction of sp³-hybridized carbons (Fsp3) is 0.267. The summed E-state index contributed by atoms with van der Waals surface area (Å²) in [7, 11) is 0. The van der Waals surface area contributed by atoms with Gasteiger partial charge in [-0.3, -0.25) is 0 Å². The quantitative estimate of drug-likeness (QED) is 0.855. The van der Waals surface area contributed by atoms with Crippen LogP contribution in [0.1, 0.15) is 18.4 Å². The molecule has 104 valence electrons. The maximum Gasteiger partial charge on any atom is 0.119 e. The van der Waals surface area contributed by atoms with Crippen molar-refractivity contribution < 1.29 is 0 Å². The average Bonchev–Trinajstić information content (AvgIpc) is 3.25. The van der Waals surface area contributed by atoms with Gasteiger partial charge in [0.05, 0.1) is 5.02 Å². The third-order valence-electron chi connectivity index (χ3n) is 3.12. The third kappa shape index (κ3) is 3.67. The lowest BCUT2D eigenvalue weighted by Gasteiger charge is -2.11. The first-order chi connectivity index (χ1) is 9.72. The predicted molar refractivity (Wildman–Crippen MR) is 84.7 cm³/mol. The van der Waals surface area contributed by atoms with Crippen LogP contribution in [0.5, 0.6) is 0 Å². The van der Waals surface area contributed by atoms with Crippen LogP contribution < -0.4 is 5.32 Å². The summed E-state index contributed by atoms with van der Waals surface area (Å²) in [5, 5.41) is 5.73. The van der Waals surface area contributed by atoms with Crippen molar-refractivity contribution in [3.8, 4) is 0 Å². The van der Waals surface area contributed by atoms with E-state index in [9.17, 15) is 0 Å². The Labute approximate surface area is 132 Å². The summed E-state index contributed by atoms with van der Waals surface area (Å²) in [5.41, 5.74) is 1.23. The molecule has 1 aliphatic rings. The van der Waals surface area contributed by atoms with E-state index in [1.807, 2.05) is 24.3 Å². The van der Waals surface area contributed by atoms with E-state index in [0.29, 0.717) is 11.1 Å². The molecular formula is C15H14Cl2N2S. The molecule has 0 spiro atoms. The van der Waals surface area contributed by atoms with Crippen LogP contribution >= 0.6 is 35.0 Å². The molecule has 1 saturated carbocycles. The van der Waals surface area contributed by atoms with E-state index in [-0.39, 0.29) is 0 Å². The van der Waals surface area contributed by atoms with Gasteiger partial charge in [-0.05, 0) is 42.7 Å². The smallest absolute Gasteiger partial charge is 0.119 e. The Bertz CT molecular complexity index is 615. The summed E-state index contributed by atoms with van der Waals surface area (Å²) in [5.74, 6) is 0. The molecule has 0 aliphatic heterocycles. The number of pyridine rings is 1. The number of aromatic nitrogens is 1. The summed E-state index contributed by atoms with van der Waals surface area (Å²) >= 11 is 13.8. The minimum absolute atomic E-state index is 0.665. The molecule has 0 radical (unpaired) electrons. The number of nitrogens with one attached hydrogen (secondary N) is 1. The van der Waals surface area contributed by atoms with E-state index in [4.69, 9.17) is 23.2 Å². The zero-order valence-corrected chi connectivity index (χ0v) is 13.1. The van der Waals surface area contributed by atoms with Crippen LogP contribution in [-0.2, 0) is 6.54 Å². The second-order valence-electron chi connectivity index (χ2n) is 4.80. The molecule has 0 unspecified atom stereocenters. The molecule has 1 aromatic heterocycles. The van der Waals surface area contributed by atoms with Gasteiger partial charge in [0.25, 0.3) is 0 Å². The van der Waals surface area contributed by atoms with Crippen LogP contribution in [0.4, 0.5) is 0 Å². The molecule has 2 aromatic rings. The lowest BCUT2D eigenvalue weighted by molar-refractivity contribution is 0.680. The van der Waals surface area contributed by atoms with Gasteiger partial charge in [0, 0.05) is 28.7 Å².